The lowest BCUT2D eigenvalue weighted by atomic mass is 10.2. The van der Waals surface area contributed by atoms with Gasteiger partial charge in [-0.25, -0.2) is 0 Å². The first-order chi connectivity index (χ1) is 9.71. The number of benzene rings is 1. The fraction of sp³-hybridized carbons (Fsp3) is 0.357. The molecule has 0 amide bonds. The van der Waals surface area contributed by atoms with Crippen LogP contribution in [0.15, 0.2) is 24.3 Å². The Morgan fingerprint density at radius 3 is 2.35 bits per heavy atom. The smallest absolute Gasteiger partial charge is 0.330 e. The second-order valence-electron chi connectivity index (χ2n) is 4.10. The number of hydrogen-bond donors (Lipinski definition) is 1. The summed E-state index contributed by atoms with van der Waals surface area (Å²) in [5, 5.41) is 3.02. The number of aryl methyl sites for hydroxylation is 1. The Morgan fingerprint density at radius 1 is 1.00 bits per heavy atom. The van der Waals surface area contributed by atoms with E-state index < -0.39 is 0 Å². The van der Waals surface area contributed by atoms with Crippen molar-refractivity contribution in [2.75, 3.05) is 18.5 Å². The van der Waals surface area contributed by atoms with Crippen LogP contribution in [0.25, 0.3) is 0 Å². The summed E-state index contributed by atoms with van der Waals surface area (Å²) >= 11 is 0. The second-order valence-corrected chi connectivity index (χ2v) is 4.10. The normalized spacial score (nSPS) is 10.2. The van der Waals surface area contributed by atoms with Gasteiger partial charge in [-0.2, -0.15) is 9.97 Å². The molecule has 2 rings (SSSR count). The van der Waals surface area contributed by atoms with Crippen molar-refractivity contribution in [3.8, 4) is 17.8 Å². The number of nitrogens with zero attached hydrogens (tertiary/aromatic N) is 3. The van der Waals surface area contributed by atoms with Crippen LogP contribution >= 0.6 is 0 Å². The van der Waals surface area contributed by atoms with E-state index >= 15 is 0 Å². The van der Waals surface area contributed by atoms with E-state index in [1.807, 2.05) is 45.0 Å². The van der Waals surface area contributed by atoms with E-state index in [1.54, 1.807) is 0 Å². The van der Waals surface area contributed by atoms with Gasteiger partial charge in [0.1, 0.15) is 5.75 Å². The molecule has 1 N–H and O–H groups in total. The van der Waals surface area contributed by atoms with Crippen LogP contribution in [-0.2, 0) is 0 Å². The SMILES string of the molecule is CCNc1nc(OCC)nc(Oc2ccc(C)cc2)n1. The molecule has 6 heteroatoms. The van der Waals surface area contributed by atoms with Crippen molar-refractivity contribution in [1.29, 1.82) is 0 Å². The molecule has 0 radical (unpaired) electrons. The zero-order valence-corrected chi connectivity index (χ0v) is 11.9. The van der Waals surface area contributed by atoms with Crippen molar-refractivity contribution in [2.24, 2.45) is 0 Å². The van der Waals surface area contributed by atoms with Crippen molar-refractivity contribution in [3.05, 3.63) is 29.8 Å². The standard InChI is InChI=1S/C14H18N4O2/c1-4-15-12-16-13(19-5-2)18-14(17-12)20-11-8-6-10(3)7-9-11/h6-9H,4-5H2,1-3H3,(H,15,16,17,18). The van der Waals surface area contributed by atoms with Gasteiger partial charge < -0.3 is 14.8 Å². The lowest BCUT2D eigenvalue weighted by molar-refractivity contribution is 0.304. The number of nitrogens with one attached hydrogen (secondary N) is 1. The van der Waals surface area contributed by atoms with Gasteiger partial charge in [0.2, 0.25) is 5.95 Å². The molecule has 0 aliphatic carbocycles. The summed E-state index contributed by atoms with van der Waals surface area (Å²) in [6.07, 6.45) is 0. The predicted molar refractivity (Wildman–Crippen MR) is 76.4 cm³/mol. The summed E-state index contributed by atoms with van der Waals surface area (Å²) in [6, 6.07) is 8.12. The van der Waals surface area contributed by atoms with Gasteiger partial charge in [0.25, 0.3) is 0 Å². The lowest BCUT2D eigenvalue weighted by Gasteiger charge is -2.08. The van der Waals surface area contributed by atoms with E-state index in [0.717, 1.165) is 5.56 Å². The predicted octanol–water partition coefficient (Wildman–Crippen LogP) is 2.80. The van der Waals surface area contributed by atoms with Crippen molar-refractivity contribution in [3.63, 3.8) is 0 Å². The van der Waals surface area contributed by atoms with Gasteiger partial charge >= 0.3 is 12.0 Å². The van der Waals surface area contributed by atoms with Crippen molar-refractivity contribution in [2.45, 2.75) is 20.8 Å². The maximum atomic E-state index is 5.63. The van der Waals surface area contributed by atoms with E-state index in [4.69, 9.17) is 9.47 Å². The molecule has 106 valence electrons. The fourth-order valence-electron chi connectivity index (χ4n) is 1.53. The van der Waals surface area contributed by atoms with E-state index in [0.29, 0.717) is 24.8 Å². The Hall–Kier alpha value is -2.37. The van der Waals surface area contributed by atoms with Gasteiger partial charge in [0, 0.05) is 6.54 Å². The fourth-order valence-corrected chi connectivity index (χ4v) is 1.53. The monoisotopic (exact) mass is 274 g/mol. The summed E-state index contributed by atoms with van der Waals surface area (Å²) in [6.45, 7) is 7.05. The van der Waals surface area contributed by atoms with Gasteiger partial charge in [-0.1, -0.05) is 17.7 Å². The van der Waals surface area contributed by atoms with Crippen molar-refractivity contribution < 1.29 is 9.47 Å². The van der Waals surface area contributed by atoms with Crippen LogP contribution in [0.2, 0.25) is 0 Å². The summed E-state index contributed by atoms with van der Waals surface area (Å²) in [4.78, 5) is 12.4. The molecule has 0 saturated carbocycles. The minimum Gasteiger partial charge on any atom is -0.464 e. The molecule has 20 heavy (non-hydrogen) atoms. The van der Waals surface area contributed by atoms with Crippen LogP contribution in [0.5, 0.6) is 17.8 Å². The van der Waals surface area contributed by atoms with Crippen LogP contribution in [0, 0.1) is 6.92 Å². The number of ether oxygens (including phenoxy) is 2. The molecule has 6 nitrogen and oxygen atoms in total. The van der Waals surface area contributed by atoms with Gasteiger partial charge in [-0.15, -0.1) is 4.98 Å². The first-order valence-electron chi connectivity index (χ1n) is 6.58. The van der Waals surface area contributed by atoms with E-state index in [-0.39, 0.29) is 12.0 Å². The number of hydrogen-bond acceptors (Lipinski definition) is 6. The Balaban J connectivity index is 2.22. The quantitative estimate of drug-likeness (QED) is 0.873. The highest BCUT2D eigenvalue weighted by Gasteiger charge is 2.08. The van der Waals surface area contributed by atoms with E-state index in [9.17, 15) is 0 Å². The largest absolute Gasteiger partial charge is 0.464 e. The molecule has 1 aromatic carbocycles. The number of anilines is 1. The van der Waals surface area contributed by atoms with E-state index in [2.05, 4.69) is 20.3 Å². The molecule has 1 heterocycles. The average Bonchev–Trinajstić information content (AvgIpc) is 2.42. The van der Waals surface area contributed by atoms with Gasteiger partial charge in [0.05, 0.1) is 6.61 Å². The van der Waals surface area contributed by atoms with Crippen LogP contribution < -0.4 is 14.8 Å². The van der Waals surface area contributed by atoms with Crippen LogP contribution in [-0.4, -0.2) is 28.1 Å². The van der Waals surface area contributed by atoms with Crippen molar-refractivity contribution in [1.82, 2.24) is 15.0 Å². The van der Waals surface area contributed by atoms with Gasteiger partial charge in [0.15, 0.2) is 0 Å². The highest BCUT2D eigenvalue weighted by Crippen LogP contribution is 2.20. The van der Waals surface area contributed by atoms with Crippen LogP contribution in [0.1, 0.15) is 19.4 Å². The first-order valence-corrected chi connectivity index (χ1v) is 6.58. The minimum atomic E-state index is 0.211. The first kappa shape index (κ1) is 14.0. The molecule has 0 atom stereocenters. The van der Waals surface area contributed by atoms with Crippen LogP contribution in [0.3, 0.4) is 0 Å². The van der Waals surface area contributed by atoms with E-state index in [1.165, 1.54) is 0 Å². The molecule has 1 aromatic heterocycles. The Kier molecular flexibility index (Phi) is 4.70. The maximum Gasteiger partial charge on any atom is 0.330 e. The Bertz CT molecular complexity index is 533. The van der Waals surface area contributed by atoms with Crippen molar-refractivity contribution >= 4 is 5.95 Å². The highest BCUT2D eigenvalue weighted by atomic mass is 16.5. The molecule has 0 bridgehead atoms. The molecule has 0 aliphatic heterocycles. The third kappa shape index (κ3) is 3.81. The minimum absolute atomic E-state index is 0.211. The topological polar surface area (TPSA) is 69.2 Å². The van der Waals surface area contributed by atoms with Crippen LogP contribution in [0.4, 0.5) is 5.95 Å². The van der Waals surface area contributed by atoms with Gasteiger partial charge in [-0.05, 0) is 32.9 Å². The molecule has 0 saturated heterocycles. The van der Waals surface area contributed by atoms with Gasteiger partial charge in [-0.3, -0.25) is 0 Å². The third-order valence-corrected chi connectivity index (χ3v) is 2.43. The number of rotatable bonds is 6. The zero-order valence-electron chi connectivity index (χ0n) is 11.9. The molecule has 0 fully saturated rings. The Morgan fingerprint density at radius 2 is 1.70 bits per heavy atom. The average molecular weight is 274 g/mol. The zero-order chi connectivity index (χ0) is 14.4. The number of aromatic nitrogens is 3. The summed E-state index contributed by atoms with van der Waals surface area (Å²) < 4.78 is 10.9. The Labute approximate surface area is 118 Å². The molecular weight excluding hydrogens is 256 g/mol. The summed E-state index contributed by atoms with van der Waals surface area (Å²) in [5.41, 5.74) is 1.16. The molecule has 0 spiro atoms. The second kappa shape index (κ2) is 6.70. The summed E-state index contributed by atoms with van der Waals surface area (Å²) in [5.74, 6) is 1.11. The highest BCUT2D eigenvalue weighted by molar-refractivity contribution is 5.31. The molecule has 0 unspecified atom stereocenters. The molecule has 0 aliphatic rings. The third-order valence-electron chi connectivity index (χ3n) is 2.43. The maximum absolute atomic E-state index is 5.63. The summed E-state index contributed by atoms with van der Waals surface area (Å²) in [7, 11) is 0. The molecule has 2 aromatic rings. The molecular formula is C14H18N4O2. The lowest BCUT2D eigenvalue weighted by Crippen LogP contribution is -2.07.